The average molecular weight is 325 g/mol. The van der Waals surface area contributed by atoms with Gasteiger partial charge < -0.3 is 20.2 Å². The number of piperidine rings is 1. The summed E-state index contributed by atoms with van der Waals surface area (Å²) in [5, 5.41) is 11.8. The lowest BCUT2D eigenvalue weighted by Gasteiger charge is -2.35. The summed E-state index contributed by atoms with van der Waals surface area (Å²) in [6, 6.07) is -0.819. The number of hydrogen-bond acceptors (Lipinski definition) is 3. The molecule has 0 aliphatic carbocycles. The van der Waals surface area contributed by atoms with Gasteiger partial charge in [0, 0.05) is 26.2 Å². The van der Waals surface area contributed by atoms with Gasteiger partial charge in [0.2, 0.25) is 5.91 Å². The standard InChI is InChI=1S/C16H27N3O4/c1-2-6-13(15(21)22)17-14(20)12-7-5-10-19(11-12)16(23)18-8-3-4-9-18/h12-13H,2-11H2,1H3,(H,17,20)(H,21,22). The molecular formula is C16H27N3O4. The van der Waals surface area contributed by atoms with Crippen LogP contribution in [0.3, 0.4) is 0 Å². The molecule has 0 radical (unpaired) electrons. The van der Waals surface area contributed by atoms with Crippen LogP contribution in [-0.2, 0) is 9.59 Å². The van der Waals surface area contributed by atoms with Crippen LogP contribution in [0.2, 0.25) is 0 Å². The number of amides is 3. The van der Waals surface area contributed by atoms with E-state index in [1.165, 1.54) is 0 Å². The molecule has 2 heterocycles. The molecule has 2 aliphatic heterocycles. The summed E-state index contributed by atoms with van der Waals surface area (Å²) in [6.45, 7) is 4.54. The fourth-order valence-corrected chi connectivity index (χ4v) is 3.31. The highest BCUT2D eigenvalue weighted by Gasteiger charge is 2.32. The molecule has 2 rings (SSSR count). The van der Waals surface area contributed by atoms with Gasteiger partial charge in [-0.3, -0.25) is 4.79 Å². The number of carbonyl (C=O) groups excluding carboxylic acids is 2. The van der Waals surface area contributed by atoms with Crippen LogP contribution < -0.4 is 5.32 Å². The molecule has 2 aliphatic rings. The van der Waals surface area contributed by atoms with E-state index in [2.05, 4.69) is 5.32 Å². The summed E-state index contributed by atoms with van der Waals surface area (Å²) in [6.07, 6.45) is 4.69. The number of likely N-dealkylation sites (tertiary alicyclic amines) is 2. The minimum Gasteiger partial charge on any atom is -0.480 e. The topological polar surface area (TPSA) is 90.0 Å². The van der Waals surface area contributed by atoms with Crippen molar-refractivity contribution in [2.75, 3.05) is 26.2 Å². The van der Waals surface area contributed by atoms with E-state index in [1.807, 2.05) is 11.8 Å². The second kappa shape index (κ2) is 8.17. The first-order valence-electron chi connectivity index (χ1n) is 8.60. The molecule has 2 N–H and O–H groups in total. The van der Waals surface area contributed by atoms with Crippen molar-refractivity contribution in [2.45, 2.75) is 51.5 Å². The Balaban J connectivity index is 1.90. The number of carbonyl (C=O) groups is 3. The van der Waals surface area contributed by atoms with Crippen LogP contribution in [0.4, 0.5) is 4.79 Å². The molecule has 23 heavy (non-hydrogen) atoms. The zero-order valence-corrected chi connectivity index (χ0v) is 13.8. The molecule has 0 aromatic rings. The van der Waals surface area contributed by atoms with E-state index in [0.29, 0.717) is 32.4 Å². The molecule has 7 heteroatoms. The van der Waals surface area contributed by atoms with Gasteiger partial charge in [-0.1, -0.05) is 13.3 Å². The smallest absolute Gasteiger partial charge is 0.326 e. The zero-order chi connectivity index (χ0) is 16.8. The van der Waals surface area contributed by atoms with Crippen molar-refractivity contribution in [3.05, 3.63) is 0 Å². The number of aliphatic carboxylic acids is 1. The van der Waals surface area contributed by atoms with Crippen LogP contribution in [-0.4, -0.2) is 65.0 Å². The van der Waals surface area contributed by atoms with Crippen molar-refractivity contribution >= 4 is 17.9 Å². The largest absolute Gasteiger partial charge is 0.480 e. The van der Waals surface area contributed by atoms with Gasteiger partial charge >= 0.3 is 12.0 Å². The van der Waals surface area contributed by atoms with Crippen molar-refractivity contribution in [3.8, 4) is 0 Å². The Bertz CT molecular complexity index is 449. The zero-order valence-electron chi connectivity index (χ0n) is 13.8. The number of nitrogens with one attached hydrogen (secondary N) is 1. The summed E-state index contributed by atoms with van der Waals surface area (Å²) in [5.41, 5.74) is 0. The molecule has 2 atom stereocenters. The fraction of sp³-hybridized carbons (Fsp3) is 0.812. The van der Waals surface area contributed by atoms with E-state index >= 15 is 0 Å². The number of carboxylic acids is 1. The number of nitrogens with zero attached hydrogens (tertiary/aromatic N) is 2. The van der Waals surface area contributed by atoms with Gasteiger partial charge in [0.05, 0.1) is 5.92 Å². The first kappa shape index (κ1) is 17.6. The number of carboxylic acid groups (broad SMARTS) is 1. The molecule has 0 aromatic carbocycles. The van der Waals surface area contributed by atoms with Gasteiger partial charge in [0.25, 0.3) is 0 Å². The Morgan fingerprint density at radius 3 is 2.39 bits per heavy atom. The van der Waals surface area contributed by atoms with Gasteiger partial charge in [-0.2, -0.15) is 0 Å². The quantitative estimate of drug-likeness (QED) is 0.797. The molecule has 3 amide bonds. The fourth-order valence-electron chi connectivity index (χ4n) is 3.31. The highest BCUT2D eigenvalue weighted by atomic mass is 16.4. The van der Waals surface area contributed by atoms with E-state index in [0.717, 1.165) is 32.4 Å². The van der Waals surface area contributed by atoms with Gasteiger partial charge in [-0.15, -0.1) is 0 Å². The molecule has 2 fully saturated rings. The Hall–Kier alpha value is -1.79. The predicted molar refractivity (Wildman–Crippen MR) is 85.0 cm³/mol. The maximum absolute atomic E-state index is 12.4. The summed E-state index contributed by atoms with van der Waals surface area (Å²) in [4.78, 5) is 39.5. The summed E-state index contributed by atoms with van der Waals surface area (Å²) in [7, 11) is 0. The van der Waals surface area contributed by atoms with Crippen LogP contribution in [0.25, 0.3) is 0 Å². The maximum Gasteiger partial charge on any atom is 0.326 e. The minimum absolute atomic E-state index is 0.0170. The maximum atomic E-state index is 12.4. The lowest BCUT2D eigenvalue weighted by Crippen LogP contribution is -2.51. The molecule has 130 valence electrons. The Labute approximate surface area is 137 Å². The van der Waals surface area contributed by atoms with Crippen LogP contribution in [0.15, 0.2) is 0 Å². The molecular weight excluding hydrogens is 298 g/mol. The minimum atomic E-state index is -0.999. The predicted octanol–water partition coefficient (Wildman–Crippen LogP) is 1.28. The second-order valence-electron chi connectivity index (χ2n) is 6.45. The second-order valence-corrected chi connectivity index (χ2v) is 6.45. The van der Waals surface area contributed by atoms with Crippen molar-refractivity contribution < 1.29 is 19.5 Å². The van der Waals surface area contributed by atoms with E-state index < -0.39 is 12.0 Å². The molecule has 7 nitrogen and oxygen atoms in total. The first-order chi connectivity index (χ1) is 11.0. The Kier molecular flexibility index (Phi) is 6.24. The lowest BCUT2D eigenvalue weighted by molar-refractivity contribution is -0.143. The normalized spacial score (nSPS) is 22.7. The summed E-state index contributed by atoms with van der Waals surface area (Å²) in [5.74, 6) is -1.56. The third-order valence-electron chi connectivity index (χ3n) is 4.63. The molecule has 0 aromatic heterocycles. The molecule has 2 unspecified atom stereocenters. The van der Waals surface area contributed by atoms with Gasteiger partial charge in [0.15, 0.2) is 0 Å². The highest BCUT2D eigenvalue weighted by molar-refractivity contribution is 5.85. The van der Waals surface area contributed by atoms with E-state index in [9.17, 15) is 14.4 Å². The monoisotopic (exact) mass is 325 g/mol. The number of urea groups is 1. The van der Waals surface area contributed by atoms with Gasteiger partial charge in [0.1, 0.15) is 6.04 Å². The molecule has 0 bridgehead atoms. The first-order valence-corrected chi connectivity index (χ1v) is 8.60. The van der Waals surface area contributed by atoms with Crippen molar-refractivity contribution in [1.29, 1.82) is 0 Å². The number of hydrogen-bond donors (Lipinski definition) is 2. The van der Waals surface area contributed by atoms with Crippen LogP contribution >= 0.6 is 0 Å². The van der Waals surface area contributed by atoms with Crippen molar-refractivity contribution in [2.24, 2.45) is 5.92 Å². The summed E-state index contributed by atoms with van der Waals surface area (Å²) < 4.78 is 0. The lowest BCUT2D eigenvalue weighted by atomic mass is 9.96. The molecule has 0 saturated carbocycles. The molecule has 2 saturated heterocycles. The van der Waals surface area contributed by atoms with Crippen molar-refractivity contribution in [3.63, 3.8) is 0 Å². The average Bonchev–Trinajstić information content (AvgIpc) is 3.08. The van der Waals surface area contributed by atoms with Gasteiger partial charge in [-0.05, 0) is 32.1 Å². The van der Waals surface area contributed by atoms with Gasteiger partial charge in [-0.25, -0.2) is 9.59 Å². The highest BCUT2D eigenvalue weighted by Crippen LogP contribution is 2.20. The third kappa shape index (κ3) is 4.59. The SMILES string of the molecule is CCCC(NC(=O)C1CCCN(C(=O)N2CCCC2)C1)C(=O)O. The summed E-state index contributed by atoms with van der Waals surface area (Å²) >= 11 is 0. The van der Waals surface area contributed by atoms with Crippen LogP contribution in [0.1, 0.15) is 45.4 Å². The van der Waals surface area contributed by atoms with Crippen LogP contribution in [0, 0.1) is 5.92 Å². The Morgan fingerprint density at radius 2 is 1.78 bits per heavy atom. The molecule has 0 spiro atoms. The van der Waals surface area contributed by atoms with Crippen molar-refractivity contribution in [1.82, 2.24) is 15.1 Å². The van der Waals surface area contributed by atoms with E-state index in [1.54, 1.807) is 4.90 Å². The third-order valence-corrected chi connectivity index (χ3v) is 4.63. The Morgan fingerprint density at radius 1 is 1.13 bits per heavy atom. The van der Waals surface area contributed by atoms with Crippen LogP contribution in [0.5, 0.6) is 0 Å². The number of rotatable bonds is 5. The van der Waals surface area contributed by atoms with E-state index in [-0.39, 0.29) is 17.9 Å². The van der Waals surface area contributed by atoms with E-state index in [4.69, 9.17) is 5.11 Å².